The molecule has 0 radical (unpaired) electrons. The maximum Gasteiger partial charge on any atom is 0.243 e. The molecule has 4 bridgehead atoms. The molecule has 0 heterocycles. The number of ether oxygens (including phenoxy) is 1. The summed E-state index contributed by atoms with van der Waals surface area (Å²) in [7, 11) is -1.86. The second-order valence-corrected chi connectivity index (χ2v) is 12.3. The molecular weight excluding hydrogens is 436 g/mol. The lowest BCUT2D eigenvalue weighted by atomic mass is 9.48. The fourth-order valence-corrected chi connectivity index (χ4v) is 7.70. The molecule has 2 aromatic rings. The van der Waals surface area contributed by atoms with Crippen molar-refractivity contribution in [2.45, 2.75) is 48.8 Å². The van der Waals surface area contributed by atoms with E-state index in [0.717, 1.165) is 23.3 Å². The van der Waals surface area contributed by atoms with Gasteiger partial charge in [-0.05, 0) is 104 Å². The molecule has 4 aliphatic carbocycles. The highest BCUT2D eigenvalue weighted by molar-refractivity contribution is 7.90. The van der Waals surface area contributed by atoms with Crippen LogP contribution in [-0.4, -0.2) is 34.2 Å². The first-order chi connectivity index (χ1) is 15.7. The average molecular weight is 469 g/mol. The van der Waals surface area contributed by atoms with Gasteiger partial charge in [0.1, 0.15) is 5.75 Å². The lowest BCUT2D eigenvalue weighted by Crippen LogP contribution is -2.48. The monoisotopic (exact) mass is 468 g/mol. The number of carbonyl (C=O) groups excluding carboxylic acids is 1. The van der Waals surface area contributed by atoms with E-state index >= 15 is 0 Å². The third-order valence-corrected chi connectivity index (χ3v) is 8.98. The van der Waals surface area contributed by atoms with Gasteiger partial charge in [-0.2, -0.15) is 0 Å². The summed E-state index contributed by atoms with van der Waals surface area (Å²) in [6.45, 7) is -0.0226. The van der Waals surface area contributed by atoms with Crippen molar-refractivity contribution < 1.29 is 17.9 Å². The molecule has 4 fully saturated rings. The number of sulfone groups is 1. The van der Waals surface area contributed by atoms with Crippen LogP contribution in [0.5, 0.6) is 5.75 Å². The van der Waals surface area contributed by atoms with Crippen molar-refractivity contribution in [2.24, 2.45) is 17.8 Å². The Hall–Kier alpha value is -2.54. The Kier molecular flexibility index (Phi) is 5.63. The van der Waals surface area contributed by atoms with E-state index in [-0.39, 0.29) is 22.8 Å². The van der Waals surface area contributed by atoms with Gasteiger partial charge in [-0.15, -0.1) is 0 Å². The van der Waals surface area contributed by atoms with Gasteiger partial charge in [0.05, 0.1) is 24.2 Å². The van der Waals surface area contributed by atoms with Gasteiger partial charge in [0.25, 0.3) is 0 Å². The fraction of sp³-hybridized carbons (Fsp3) is 0.500. The molecule has 0 spiro atoms. The molecule has 33 heavy (non-hydrogen) atoms. The van der Waals surface area contributed by atoms with Crippen LogP contribution in [0.25, 0.3) is 0 Å². The Morgan fingerprint density at radius 2 is 1.61 bits per heavy atom. The van der Waals surface area contributed by atoms with Gasteiger partial charge in [0, 0.05) is 11.9 Å². The molecule has 4 saturated carbocycles. The third kappa shape index (κ3) is 4.47. The summed E-state index contributed by atoms with van der Waals surface area (Å²) in [6, 6.07) is 12.9. The molecule has 6 nitrogen and oxygen atoms in total. The van der Waals surface area contributed by atoms with E-state index in [1.165, 1.54) is 44.8 Å². The lowest BCUT2D eigenvalue weighted by molar-refractivity contribution is -0.114. The lowest BCUT2D eigenvalue weighted by Gasteiger charge is -2.57. The topological polar surface area (TPSA) is 84.5 Å². The maximum absolute atomic E-state index is 12.7. The summed E-state index contributed by atoms with van der Waals surface area (Å²) in [5.41, 5.74) is 2.42. The van der Waals surface area contributed by atoms with Gasteiger partial charge in [-0.25, -0.2) is 8.42 Å². The minimum absolute atomic E-state index is 0.0226. The van der Waals surface area contributed by atoms with Crippen molar-refractivity contribution in [2.75, 3.05) is 30.5 Å². The number of rotatable bonds is 7. The van der Waals surface area contributed by atoms with Gasteiger partial charge in [-0.3, -0.25) is 4.79 Å². The van der Waals surface area contributed by atoms with Gasteiger partial charge in [0.2, 0.25) is 5.91 Å². The number of hydrogen-bond acceptors (Lipinski definition) is 5. The standard InChI is InChI=1S/C26H32N2O4S/c1-32-22-6-4-21(5-7-22)28-25(29)16-27-23-8-3-20(12-24(23)33(2,30)31)26-13-17-9-18(14-26)11-19(10-17)15-26/h3-8,12,17-19,27H,9-11,13-16H2,1-2H3,(H,28,29). The van der Waals surface area contributed by atoms with Crippen LogP contribution in [-0.2, 0) is 20.0 Å². The van der Waals surface area contributed by atoms with Crippen molar-refractivity contribution in [1.82, 2.24) is 0 Å². The van der Waals surface area contributed by atoms with E-state index in [2.05, 4.69) is 16.7 Å². The Morgan fingerprint density at radius 3 is 2.15 bits per heavy atom. The largest absolute Gasteiger partial charge is 0.497 e. The number of carbonyl (C=O) groups is 1. The number of benzene rings is 2. The first kappa shape index (κ1) is 22.3. The maximum atomic E-state index is 12.7. The predicted molar refractivity (Wildman–Crippen MR) is 130 cm³/mol. The van der Waals surface area contributed by atoms with Gasteiger partial charge < -0.3 is 15.4 Å². The van der Waals surface area contributed by atoms with E-state index in [9.17, 15) is 13.2 Å². The molecular formula is C26H32N2O4S. The molecule has 0 aromatic heterocycles. The van der Waals surface area contributed by atoms with Gasteiger partial charge >= 0.3 is 0 Å². The molecule has 4 aliphatic rings. The van der Waals surface area contributed by atoms with Crippen molar-refractivity contribution in [3.8, 4) is 5.75 Å². The highest BCUT2D eigenvalue weighted by Gasteiger charge is 2.51. The van der Waals surface area contributed by atoms with Gasteiger partial charge in [-0.1, -0.05) is 6.07 Å². The van der Waals surface area contributed by atoms with Crippen LogP contribution in [0.3, 0.4) is 0 Å². The summed E-state index contributed by atoms with van der Waals surface area (Å²) in [5.74, 6) is 2.83. The summed E-state index contributed by atoms with van der Waals surface area (Å²) in [5, 5.41) is 5.86. The first-order valence-electron chi connectivity index (χ1n) is 11.8. The second kappa shape index (κ2) is 8.35. The average Bonchev–Trinajstić information content (AvgIpc) is 2.76. The zero-order chi connectivity index (χ0) is 23.2. The van der Waals surface area contributed by atoms with Crippen molar-refractivity contribution >= 4 is 27.1 Å². The zero-order valence-corrected chi connectivity index (χ0v) is 20.1. The van der Waals surface area contributed by atoms with E-state index in [1.54, 1.807) is 31.4 Å². The predicted octanol–water partition coefficient (Wildman–Crippen LogP) is 4.62. The number of nitrogens with one attached hydrogen (secondary N) is 2. The highest BCUT2D eigenvalue weighted by Crippen LogP contribution is 2.60. The van der Waals surface area contributed by atoms with Gasteiger partial charge in [0.15, 0.2) is 9.84 Å². The fourth-order valence-electron chi connectivity index (χ4n) is 6.82. The zero-order valence-electron chi connectivity index (χ0n) is 19.3. The minimum Gasteiger partial charge on any atom is -0.497 e. The van der Waals surface area contributed by atoms with Crippen LogP contribution in [0.4, 0.5) is 11.4 Å². The molecule has 2 N–H and O–H groups in total. The molecule has 176 valence electrons. The smallest absolute Gasteiger partial charge is 0.243 e. The van der Waals surface area contributed by atoms with Crippen LogP contribution in [0.1, 0.15) is 44.1 Å². The molecule has 2 aromatic carbocycles. The summed E-state index contributed by atoms with van der Waals surface area (Å²) >= 11 is 0. The van der Waals surface area contributed by atoms with E-state index < -0.39 is 9.84 Å². The number of anilines is 2. The number of methoxy groups -OCH3 is 1. The number of amides is 1. The van der Waals surface area contributed by atoms with Crippen molar-refractivity contribution in [3.05, 3.63) is 48.0 Å². The summed E-state index contributed by atoms with van der Waals surface area (Å²) in [4.78, 5) is 12.7. The quantitative estimate of drug-likeness (QED) is 0.620. The molecule has 0 atom stereocenters. The van der Waals surface area contributed by atoms with Crippen molar-refractivity contribution in [3.63, 3.8) is 0 Å². The van der Waals surface area contributed by atoms with E-state index in [1.807, 2.05) is 12.1 Å². The van der Waals surface area contributed by atoms with Crippen LogP contribution >= 0.6 is 0 Å². The van der Waals surface area contributed by atoms with Crippen LogP contribution in [0.15, 0.2) is 47.4 Å². The van der Waals surface area contributed by atoms with Crippen LogP contribution in [0.2, 0.25) is 0 Å². The second-order valence-electron chi connectivity index (χ2n) is 10.3. The Labute approximate surface area is 196 Å². The molecule has 7 heteroatoms. The van der Waals surface area contributed by atoms with Crippen molar-refractivity contribution in [1.29, 1.82) is 0 Å². The Morgan fingerprint density at radius 1 is 1.00 bits per heavy atom. The summed E-state index contributed by atoms with van der Waals surface area (Å²) < 4.78 is 30.5. The van der Waals surface area contributed by atoms with E-state index in [0.29, 0.717) is 17.1 Å². The molecule has 0 saturated heterocycles. The van der Waals surface area contributed by atoms with Crippen LogP contribution < -0.4 is 15.4 Å². The summed E-state index contributed by atoms with van der Waals surface area (Å²) in [6.07, 6.45) is 8.83. The SMILES string of the molecule is COc1ccc(NC(=O)CNc2ccc(C34CC5CC(CC(C5)C3)C4)cc2S(C)(=O)=O)cc1. The molecule has 6 rings (SSSR count). The molecule has 0 aliphatic heterocycles. The first-order valence-corrected chi connectivity index (χ1v) is 13.7. The normalized spacial score (nSPS) is 27.9. The third-order valence-electron chi connectivity index (χ3n) is 7.84. The minimum atomic E-state index is -3.45. The van der Waals surface area contributed by atoms with Crippen LogP contribution in [0, 0.1) is 17.8 Å². The molecule has 0 unspecified atom stereocenters. The van der Waals surface area contributed by atoms with E-state index in [4.69, 9.17) is 4.74 Å². The molecule has 1 amide bonds. The Balaban J connectivity index is 1.33. The highest BCUT2D eigenvalue weighted by atomic mass is 32.2. The number of hydrogen-bond donors (Lipinski definition) is 2. The Bertz CT molecular complexity index is 1120.